The van der Waals surface area contributed by atoms with Crippen LogP contribution in [0.15, 0.2) is 73.3 Å². The van der Waals surface area contributed by atoms with E-state index in [1.165, 1.54) is 71.3 Å². The van der Waals surface area contributed by atoms with Gasteiger partial charge in [-0.05, 0) is 201 Å². The lowest BCUT2D eigenvalue weighted by molar-refractivity contribution is -0.306. The van der Waals surface area contributed by atoms with Gasteiger partial charge in [-0.1, -0.05) is 172 Å². The summed E-state index contributed by atoms with van der Waals surface area (Å²) in [6.45, 7) is 24.5. The Balaban J connectivity index is 0.971. The van der Waals surface area contributed by atoms with Gasteiger partial charge in [-0.2, -0.15) is 0 Å². The van der Waals surface area contributed by atoms with E-state index in [1.54, 1.807) is 72.0 Å². The van der Waals surface area contributed by atoms with E-state index in [-0.39, 0.29) is 79.0 Å². The van der Waals surface area contributed by atoms with Crippen molar-refractivity contribution < 1.29 is 92.0 Å². The smallest absolute Gasteiger partial charge is 0.303 e. The van der Waals surface area contributed by atoms with Crippen molar-refractivity contribution in [3.8, 4) is 0 Å². The maximum absolute atomic E-state index is 15.6. The predicted molar refractivity (Wildman–Crippen MR) is 522 cm³/mol. The maximum atomic E-state index is 15.6. The average Bonchev–Trinajstić information content (AvgIpc) is 1.66. The van der Waals surface area contributed by atoms with Crippen LogP contribution in [-0.4, -0.2) is 186 Å². The number of primary amides is 1. The Hall–Kier alpha value is -9.89. The van der Waals surface area contributed by atoms with Gasteiger partial charge in [0.25, 0.3) is 0 Å². The molecule has 14 N–H and O–H groups in total. The quantitative estimate of drug-likeness (QED) is 0.0208. The molecule has 2 aromatic heterocycles. The Bertz CT molecular complexity index is 4970. The van der Waals surface area contributed by atoms with Crippen molar-refractivity contribution in [3.63, 3.8) is 0 Å². The number of aliphatic carboxylic acids is 2. The number of hydrogen-bond donors (Lipinski definition) is 13. The van der Waals surface area contributed by atoms with E-state index < -0.39 is 230 Å². The number of carbonyl (C=O) groups excluding carboxylic acids is 15. The van der Waals surface area contributed by atoms with E-state index in [2.05, 4.69) is 92.1 Å². The number of carboxylic acid groups (broad SMARTS) is 2. The summed E-state index contributed by atoms with van der Waals surface area (Å²) in [6, 6.07) is 4.15. The molecule has 10 rings (SSSR count). The van der Waals surface area contributed by atoms with Crippen molar-refractivity contribution >= 4 is 132 Å². The monoisotopic (exact) mass is 1930 g/mol. The van der Waals surface area contributed by atoms with Gasteiger partial charge in [0.1, 0.15) is 23.9 Å². The van der Waals surface area contributed by atoms with Crippen molar-refractivity contribution in [2.45, 2.75) is 312 Å². The molecule has 0 bridgehead atoms. The van der Waals surface area contributed by atoms with Crippen LogP contribution in [0, 0.1) is 106 Å². The first-order valence-corrected chi connectivity index (χ1v) is 52.3. The van der Waals surface area contributed by atoms with Gasteiger partial charge in [-0.25, -0.2) is 4.98 Å². The number of benzene rings is 2. The summed E-state index contributed by atoms with van der Waals surface area (Å²) in [7, 11) is 1.86. The number of ketones is 5. The second-order valence-corrected chi connectivity index (χ2v) is 45.1. The number of imidazole rings is 1. The molecule has 6 aliphatic rings. The number of aromatic nitrogens is 3. The van der Waals surface area contributed by atoms with Crippen LogP contribution in [0.2, 0.25) is 0 Å². The molecular formula is C104H149N12O19S2-. The number of aliphatic hydroxyl groups excluding tert-OH is 1. The van der Waals surface area contributed by atoms with Gasteiger partial charge >= 0.3 is 5.97 Å². The number of allylic oxidation sites excluding steroid dienone is 1. The summed E-state index contributed by atoms with van der Waals surface area (Å²) < 4.78 is 0. The van der Waals surface area contributed by atoms with Crippen LogP contribution in [0.25, 0.3) is 16.5 Å². The Kier molecular flexibility index (Phi) is 40.1. The van der Waals surface area contributed by atoms with Crippen LogP contribution in [-0.2, 0) is 96.0 Å². The maximum Gasteiger partial charge on any atom is 0.303 e. The molecule has 5 fully saturated rings. The number of carboxylic acids is 2. The van der Waals surface area contributed by atoms with Gasteiger partial charge in [-0.3, -0.25) is 71.9 Å². The zero-order valence-electron chi connectivity index (χ0n) is 82.2. The van der Waals surface area contributed by atoms with Crippen molar-refractivity contribution in [1.82, 2.24) is 57.5 Å². The molecular weight excluding hydrogens is 1790 g/mol. The minimum atomic E-state index is -1.69. The van der Waals surface area contributed by atoms with Gasteiger partial charge in [-0.15, -0.1) is 0 Å². The molecule has 0 spiro atoms. The Morgan fingerprint density at radius 1 is 0.642 bits per heavy atom. The number of H-pyrrole nitrogens is 2. The van der Waals surface area contributed by atoms with Crippen molar-refractivity contribution in [3.05, 3.63) is 95.7 Å². The predicted octanol–water partition coefficient (Wildman–Crippen LogP) is 10.3. The molecule has 1 saturated heterocycles. The number of rotatable bonds is 31. The van der Waals surface area contributed by atoms with Gasteiger partial charge < -0.3 is 78.4 Å². The van der Waals surface area contributed by atoms with E-state index in [0.717, 1.165) is 70.7 Å². The minimum Gasteiger partial charge on any atom is -0.550 e. The van der Waals surface area contributed by atoms with Crippen LogP contribution in [0.3, 0.4) is 0 Å². The fourth-order valence-electron chi connectivity index (χ4n) is 23.0. The molecule has 9 amide bonds. The molecule has 31 nitrogen and oxygen atoms in total. The first-order valence-electron chi connectivity index (χ1n) is 49.8. The molecule has 3 heterocycles. The molecule has 22 atom stereocenters. The van der Waals surface area contributed by atoms with E-state index >= 15 is 33.6 Å². The van der Waals surface area contributed by atoms with E-state index in [1.807, 2.05) is 30.3 Å². The number of nitrogens with zero attached hydrogens (tertiary/aromatic N) is 1. The Morgan fingerprint density at radius 2 is 1.30 bits per heavy atom. The largest absolute Gasteiger partial charge is 0.550 e. The number of para-hydroxylation sites is 1. The third-order valence-corrected chi connectivity index (χ3v) is 33.1. The summed E-state index contributed by atoms with van der Waals surface area (Å²) in [5.74, 6) is -18.7. The highest BCUT2D eigenvalue weighted by molar-refractivity contribution is 8.76. The van der Waals surface area contributed by atoms with Crippen LogP contribution < -0.4 is 53.4 Å². The van der Waals surface area contributed by atoms with Gasteiger partial charge in [0.05, 0.1) is 60.9 Å². The molecule has 1 aliphatic heterocycles. The summed E-state index contributed by atoms with van der Waals surface area (Å²) in [4.78, 5) is 243. The highest BCUT2D eigenvalue weighted by Crippen LogP contribution is 2.69. The lowest BCUT2D eigenvalue weighted by Gasteiger charge is -2.61. The molecule has 33 heteroatoms. The minimum absolute atomic E-state index is 0.00236. The van der Waals surface area contributed by atoms with Crippen LogP contribution in [0.5, 0.6) is 0 Å². The number of Topliss-reactive ketones (excluding diaryl/α,β-unsaturated/α-hetero) is 5. The fourth-order valence-corrected chi connectivity index (χ4v) is 25.6. The fraction of sp³-hybridized carbons (Fsp3) is 0.663. The standard InChI is InChI=1S/C104H150N12O19S2/c1-56(2)19-18-20-60(9)77-29-30-78-75-28-27-70-40-63(33-35-103(70,12)79(75)34-36-104(77,78)13)41-72(118)43-67(48-93(126)127)98(131)115-86-54-137-136-53-69(99(132)116-94(62(11)117)95(105)128)47-89(121)84(45-68-50-107-80-24-17-16-23-74(68)80)112-100(133)76(59(7)8)49-90(122)82(37-57(3)4)113-102(135)81(31-32-92(124)125)110-91(123)52-108-101(134)85(38-58(5)6)114-97(130)66(42-71-51-106-55-109-71)46-88(120)83(111-96(129)61(10)39-87(86)119)44-65-26-25-64-21-14-15-22-73(64)65/h14-17,21-24,26,50-51,55-63,66-67,69-70,75-79,81-86,94,107,117H,18-20,25,27-49,52-54H2,1-13H3,(H2,105,128)(H,106,109)(H,108,134)(H,110,123)(H,111,129)(H,112,133)(H,113,135)(H,114,130)(H,115,131)(H,116,132)(H,124,125)(H,126,127)/p-1/t60-,61-,62?,63+,66-,67+,69+,70+,75-,76+,77?,78+,79?,81+,82+,83+,84+,85+,86+,94+,103?,104?/m1/s1. The normalized spacial score (nSPS) is 29.1. The van der Waals surface area contributed by atoms with Crippen LogP contribution in [0.1, 0.15) is 266 Å². The summed E-state index contributed by atoms with van der Waals surface area (Å²) in [5, 5.41) is 55.8. The van der Waals surface area contributed by atoms with Crippen LogP contribution >= 0.6 is 21.6 Å². The number of carbonyl (C=O) groups is 16. The van der Waals surface area contributed by atoms with Crippen LogP contribution in [0.4, 0.5) is 0 Å². The number of aliphatic hydroxyl groups is 1. The molecule has 4 saturated carbocycles. The molecule has 2 aromatic carbocycles. The van der Waals surface area contributed by atoms with Gasteiger partial charge in [0, 0.05) is 123 Å². The van der Waals surface area contributed by atoms with Gasteiger partial charge in [0.2, 0.25) is 53.2 Å². The third-order valence-electron chi connectivity index (χ3n) is 30.6. The lowest BCUT2D eigenvalue weighted by Crippen LogP contribution is -2.55. The number of aromatic amines is 2. The third kappa shape index (κ3) is 30.1. The molecule has 5 aliphatic carbocycles. The van der Waals surface area contributed by atoms with E-state index in [9.17, 15) is 58.5 Å². The van der Waals surface area contributed by atoms with Crippen molar-refractivity contribution in [2.75, 3.05) is 18.1 Å². The molecule has 4 aromatic rings. The Labute approximate surface area is 813 Å². The van der Waals surface area contributed by atoms with Crippen molar-refractivity contribution in [1.29, 1.82) is 0 Å². The average molecular weight is 1940 g/mol. The number of hydrogen-bond acceptors (Lipinski definition) is 21. The number of fused-ring (bicyclic) bond motifs is 7. The van der Waals surface area contributed by atoms with Gasteiger partial charge in [0.15, 0.2) is 23.1 Å². The summed E-state index contributed by atoms with van der Waals surface area (Å²) in [6.07, 6.45) is 13.6. The second kappa shape index (κ2) is 50.3. The number of amides is 9. The molecule has 137 heavy (non-hydrogen) atoms. The molecule has 0 radical (unpaired) electrons. The Morgan fingerprint density at radius 3 is 1.99 bits per heavy atom. The zero-order chi connectivity index (χ0) is 100. The zero-order valence-corrected chi connectivity index (χ0v) is 83.8. The summed E-state index contributed by atoms with van der Waals surface area (Å²) in [5.41, 5.74) is 10.2. The first kappa shape index (κ1) is 109. The lowest BCUT2D eigenvalue weighted by atomic mass is 9.44. The highest BCUT2D eigenvalue weighted by Gasteiger charge is 2.61. The first-order chi connectivity index (χ1) is 64.9. The van der Waals surface area contributed by atoms with E-state index in [4.69, 9.17) is 5.73 Å². The highest BCUT2D eigenvalue weighted by atomic mass is 33.1. The number of nitrogens with two attached hydrogens (primary N) is 1. The summed E-state index contributed by atoms with van der Waals surface area (Å²) >= 11 is 0. The second-order valence-electron chi connectivity index (χ2n) is 42.5. The number of nitrogens with one attached hydrogen (secondary N) is 10. The SMILES string of the molecule is CC(C)CCC[C@@H](C)C1CC[C@H]2[C@H]3CC[C@H]4C[C@@H](CC(=O)C[C@@H](CC(=O)[O-])C(=O)N[C@H]5CSSC[C@@H](C(=O)N[C@H](C(N)=O)C(C)O)CC(=O)[C@H](Cc6c[nH]c7ccccc67)NC(=O)[C@H](C(C)C)CC(=O)[C@H](CC(C)C)NC(=O)[C@H](CCC(=O)O)NC(=O)CNC(=O)[C@H](CC(C)C)NC(=O)[C@H](Cc6cnc[nH]6)CC(=O)[C@H](CC6=CCc7ccccc76)NC(=O)[C@H](C)CC5=O)CCC4(C)C3CCC12C. The van der Waals surface area contributed by atoms with Crippen molar-refractivity contribution in [2.24, 2.45) is 111 Å². The van der Waals surface area contributed by atoms with E-state index in [0.29, 0.717) is 75.1 Å². The molecule has 752 valence electrons. The molecule has 5 unspecified atom stereocenters. The topological polar surface area (TPSA) is 503 Å².